The number of benzene rings is 1. The first-order valence-corrected chi connectivity index (χ1v) is 8.30. The van der Waals surface area contributed by atoms with Crippen LogP contribution in [0.5, 0.6) is 0 Å². The highest BCUT2D eigenvalue weighted by atomic mass is 35.5. The molecule has 5 nitrogen and oxygen atoms in total. The number of nitrogens with one attached hydrogen (secondary N) is 2. The second-order valence-electron chi connectivity index (χ2n) is 6.03. The fraction of sp³-hybridized carbons (Fsp3) is 0.529. The number of rotatable bonds is 8. The topological polar surface area (TPSA) is 78.4 Å². The summed E-state index contributed by atoms with van der Waals surface area (Å²) in [5, 5.41) is 15.5. The van der Waals surface area contributed by atoms with Gasteiger partial charge in [0, 0.05) is 24.6 Å². The van der Waals surface area contributed by atoms with Crippen molar-refractivity contribution < 1.29 is 14.7 Å². The minimum absolute atomic E-state index is 0.0238. The number of amides is 2. The number of halogens is 1. The Hall–Kier alpha value is -1.59. The van der Waals surface area contributed by atoms with Crippen molar-refractivity contribution in [3.05, 3.63) is 34.9 Å². The van der Waals surface area contributed by atoms with Gasteiger partial charge in [-0.2, -0.15) is 0 Å². The summed E-state index contributed by atoms with van der Waals surface area (Å²) < 4.78 is 0. The Morgan fingerprint density at radius 3 is 2.43 bits per heavy atom. The van der Waals surface area contributed by atoms with Gasteiger partial charge in [-0.15, -0.1) is 0 Å². The van der Waals surface area contributed by atoms with E-state index in [9.17, 15) is 9.59 Å². The number of aliphatic hydroxyl groups excluding tert-OH is 1. The van der Waals surface area contributed by atoms with Gasteiger partial charge in [0.25, 0.3) is 0 Å². The summed E-state index contributed by atoms with van der Waals surface area (Å²) >= 11 is 5.88. The Kier molecular flexibility index (Phi) is 6.42. The summed E-state index contributed by atoms with van der Waals surface area (Å²) in [5.74, 6) is 0.164. The average Bonchev–Trinajstić information content (AvgIpc) is 3.31. The highest BCUT2D eigenvalue weighted by Crippen LogP contribution is 2.34. The van der Waals surface area contributed by atoms with Gasteiger partial charge in [-0.05, 0) is 42.9 Å². The highest BCUT2D eigenvalue weighted by molar-refractivity contribution is 6.30. The monoisotopic (exact) mass is 338 g/mol. The molecule has 126 valence electrons. The zero-order valence-electron chi connectivity index (χ0n) is 13.2. The maximum absolute atomic E-state index is 12.3. The summed E-state index contributed by atoms with van der Waals surface area (Å²) in [6.07, 6.45) is 2.92. The average molecular weight is 339 g/mol. The number of hydrogen-bond donors (Lipinski definition) is 3. The molecule has 0 heterocycles. The Labute approximate surface area is 141 Å². The fourth-order valence-electron chi connectivity index (χ4n) is 2.71. The van der Waals surface area contributed by atoms with Crippen LogP contribution in [-0.2, 0) is 9.59 Å². The highest BCUT2D eigenvalue weighted by Gasteiger charge is 2.32. The van der Waals surface area contributed by atoms with Gasteiger partial charge >= 0.3 is 0 Å². The molecule has 0 aliphatic heterocycles. The molecule has 1 fully saturated rings. The van der Waals surface area contributed by atoms with Crippen molar-refractivity contribution in [2.24, 2.45) is 5.92 Å². The maximum atomic E-state index is 12.3. The Morgan fingerprint density at radius 2 is 1.91 bits per heavy atom. The van der Waals surface area contributed by atoms with Gasteiger partial charge in [0.05, 0.1) is 12.5 Å². The van der Waals surface area contributed by atoms with Gasteiger partial charge in [0.15, 0.2) is 0 Å². The molecule has 1 aliphatic carbocycles. The van der Waals surface area contributed by atoms with Crippen LogP contribution in [0.15, 0.2) is 24.3 Å². The van der Waals surface area contributed by atoms with Crippen LogP contribution in [-0.4, -0.2) is 29.6 Å². The van der Waals surface area contributed by atoms with E-state index >= 15 is 0 Å². The van der Waals surface area contributed by atoms with Crippen molar-refractivity contribution in [3.63, 3.8) is 0 Å². The molecule has 2 atom stereocenters. The van der Waals surface area contributed by atoms with Crippen LogP contribution in [0.1, 0.15) is 44.2 Å². The molecular weight excluding hydrogens is 316 g/mol. The molecule has 0 radical (unpaired) electrons. The summed E-state index contributed by atoms with van der Waals surface area (Å²) in [5.41, 5.74) is 0.838. The van der Waals surface area contributed by atoms with Crippen LogP contribution in [0.2, 0.25) is 5.02 Å². The molecule has 2 rings (SSSR count). The van der Waals surface area contributed by atoms with Gasteiger partial charge in [-0.1, -0.05) is 23.7 Å². The third kappa shape index (κ3) is 5.84. The molecule has 1 aliphatic rings. The number of carbonyl (C=O) groups excluding carboxylic acids is 2. The second-order valence-corrected chi connectivity index (χ2v) is 6.47. The summed E-state index contributed by atoms with van der Waals surface area (Å²) in [7, 11) is 0. The molecular formula is C17H23ClN2O3. The van der Waals surface area contributed by atoms with Crippen molar-refractivity contribution in [1.82, 2.24) is 10.6 Å². The van der Waals surface area contributed by atoms with Crippen molar-refractivity contribution in [2.75, 3.05) is 6.61 Å². The smallest absolute Gasteiger partial charge is 0.222 e. The van der Waals surface area contributed by atoms with Gasteiger partial charge < -0.3 is 15.7 Å². The lowest BCUT2D eigenvalue weighted by Crippen LogP contribution is -2.39. The number of aliphatic hydroxyl groups is 1. The van der Waals surface area contributed by atoms with Crippen LogP contribution in [0.3, 0.4) is 0 Å². The summed E-state index contributed by atoms with van der Waals surface area (Å²) in [6, 6.07) is 6.73. The van der Waals surface area contributed by atoms with E-state index in [1.807, 2.05) is 12.1 Å². The second kappa shape index (κ2) is 8.31. The first-order valence-electron chi connectivity index (χ1n) is 7.92. The van der Waals surface area contributed by atoms with Crippen LogP contribution in [0.25, 0.3) is 0 Å². The van der Waals surface area contributed by atoms with E-state index in [4.69, 9.17) is 16.7 Å². The van der Waals surface area contributed by atoms with Gasteiger partial charge in [-0.25, -0.2) is 0 Å². The quantitative estimate of drug-likeness (QED) is 0.680. The Balaban J connectivity index is 1.99. The van der Waals surface area contributed by atoms with Crippen LogP contribution in [0.4, 0.5) is 0 Å². The molecule has 1 aromatic carbocycles. The van der Waals surface area contributed by atoms with E-state index in [1.54, 1.807) is 12.1 Å². The van der Waals surface area contributed by atoms with Gasteiger partial charge in [-0.3, -0.25) is 9.59 Å². The van der Waals surface area contributed by atoms with Crippen molar-refractivity contribution in [3.8, 4) is 0 Å². The molecule has 0 spiro atoms. The van der Waals surface area contributed by atoms with E-state index < -0.39 is 6.04 Å². The number of carbonyl (C=O) groups is 2. The first kappa shape index (κ1) is 17.8. The minimum Gasteiger partial charge on any atom is -0.396 e. The molecule has 0 aromatic heterocycles. The maximum Gasteiger partial charge on any atom is 0.222 e. The predicted octanol–water partition coefficient (Wildman–Crippen LogP) is 2.18. The van der Waals surface area contributed by atoms with Crippen LogP contribution in [0, 0.1) is 5.92 Å². The molecule has 1 aromatic rings. The van der Waals surface area contributed by atoms with Crippen LogP contribution < -0.4 is 10.6 Å². The lowest BCUT2D eigenvalue weighted by Gasteiger charge is -2.21. The minimum atomic E-state index is -0.390. The van der Waals surface area contributed by atoms with Gasteiger partial charge in [0.2, 0.25) is 11.8 Å². The normalized spacial score (nSPS) is 16.5. The predicted molar refractivity (Wildman–Crippen MR) is 89.0 cm³/mol. The fourth-order valence-corrected chi connectivity index (χ4v) is 2.83. The molecule has 23 heavy (non-hydrogen) atoms. The van der Waals surface area contributed by atoms with Crippen molar-refractivity contribution in [2.45, 2.75) is 44.7 Å². The van der Waals surface area contributed by atoms with E-state index in [0.717, 1.165) is 18.4 Å². The molecule has 0 saturated heterocycles. The third-order valence-electron chi connectivity index (χ3n) is 4.02. The Bertz CT molecular complexity index is 543. The van der Waals surface area contributed by atoms with E-state index in [2.05, 4.69) is 10.6 Å². The molecule has 0 bridgehead atoms. The zero-order chi connectivity index (χ0) is 16.8. The van der Waals surface area contributed by atoms with E-state index in [0.29, 0.717) is 17.4 Å². The van der Waals surface area contributed by atoms with E-state index in [-0.39, 0.29) is 30.9 Å². The van der Waals surface area contributed by atoms with E-state index in [1.165, 1.54) is 6.92 Å². The first-order chi connectivity index (χ1) is 11.0. The van der Waals surface area contributed by atoms with Crippen LogP contribution >= 0.6 is 11.6 Å². The molecule has 2 amide bonds. The molecule has 3 N–H and O–H groups in total. The largest absolute Gasteiger partial charge is 0.396 e. The van der Waals surface area contributed by atoms with Crippen molar-refractivity contribution >= 4 is 23.4 Å². The lowest BCUT2D eigenvalue weighted by molar-refractivity contribution is -0.123. The molecule has 2 unspecified atom stereocenters. The summed E-state index contributed by atoms with van der Waals surface area (Å²) in [6.45, 7) is 1.49. The molecule has 6 heteroatoms. The Morgan fingerprint density at radius 1 is 1.26 bits per heavy atom. The molecule has 1 saturated carbocycles. The standard InChI is InChI=1S/C17H23ClN2O3/c1-11(22)19-16(13-4-6-14(18)7-5-13)10-17(23)20-15(8-9-21)12-2-3-12/h4-7,12,15-16,21H,2-3,8-10H2,1H3,(H,19,22)(H,20,23). The summed E-state index contributed by atoms with van der Waals surface area (Å²) in [4.78, 5) is 23.7. The zero-order valence-corrected chi connectivity index (χ0v) is 14.0. The number of hydrogen-bond acceptors (Lipinski definition) is 3. The SMILES string of the molecule is CC(=O)NC(CC(=O)NC(CCO)C1CC1)c1ccc(Cl)cc1. The van der Waals surface area contributed by atoms with Crippen molar-refractivity contribution in [1.29, 1.82) is 0 Å². The third-order valence-corrected chi connectivity index (χ3v) is 4.27. The lowest BCUT2D eigenvalue weighted by atomic mass is 10.0. The van der Waals surface area contributed by atoms with Gasteiger partial charge in [0.1, 0.15) is 0 Å².